The third kappa shape index (κ3) is 1.60. The Labute approximate surface area is 83.7 Å². The highest BCUT2D eigenvalue weighted by Crippen LogP contribution is 2.14. The van der Waals surface area contributed by atoms with Crippen LogP contribution in [0.3, 0.4) is 0 Å². The van der Waals surface area contributed by atoms with E-state index in [0.29, 0.717) is 0 Å². The molecule has 1 aromatic rings. The lowest BCUT2D eigenvalue weighted by Gasteiger charge is -2.08. The quantitative estimate of drug-likeness (QED) is 0.834. The third-order valence-corrected chi connectivity index (χ3v) is 2.77. The van der Waals surface area contributed by atoms with Crippen LogP contribution in [0.15, 0.2) is 6.20 Å². The molecule has 0 spiro atoms. The highest BCUT2D eigenvalue weighted by Gasteiger charge is 2.16. The second-order valence-electron chi connectivity index (χ2n) is 2.54. The van der Waals surface area contributed by atoms with Crippen molar-refractivity contribution < 1.29 is 9.90 Å². The molecule has 1 N–H and O–H groups in total. The van der Waals surface area contributed by atoms with Gasteiger partial charge in [-0.25, -0.2) is 4.79 Å². The Balaban J connectivity index is 3.03. The number of carboxylic acid groups (broad SMARTS) is 1. The van der Waals surface area contributed by atoms with Crippen LogP contribution in [0.5, 0.6) is 0 Å². The second-order valence-corrected chi connectivity index (χ2v) is 3.70. The fraction of sp³-hybridized carbons (Fsp3) is 0.429. The van der Waals surface area contributed by atoms with Crippen molar-refractivity contribution in [3.63, 3.8) is 0 Å². The maximum absolute atomic E-state index is 10.6. The van der Waals surface area contributed by atoms with E-state index in [2.05, 4.69) is 27.7 Å². The minimum atomic E-state index is -0.863. The van der Waals surface area contributed by atoms with Crippen molar-refractivity contribution in [1.29, 1.82) is 0 Å². The van der Waals surface area contributed by atoms with Crippen LogP contribution in [-0.4, -0.2) is 20.9 Å². The molecule has 0 aliphatic carbocycles. The van der Waals surface area contributed by atoms with Crippen molar-refractivity contribution in [2.24, 2.45) is 0 Å². The molecular formula is C7H9IN2O2. The summed E-state index contributed by atoms with van der Waals surface area (Å²) >= 11 is 2.13. The van der Waals surface area contributed by atoms with Crippen molar-refractivity contribution in [2.75, 3.05) is 0 Å². The van der Waals surface area contributed by atoms with Crippen molar-refractivity contribution in [2.45, 2.75) is 19.9 Å². The summed E-state index contributed by atoms with van der Waals surface area (Å²) in [6, 6.07) is -0.589. The van der Waals surface area contributed by atoms with E-state index in [1.807, 2.05) is 6.92 Å². The summed E-state index contributed by atoms with van der Waals surface area (Å²) in [6.45, 7) is 3.46. The van der Waals surface area contributed by atoms with Crippen LogP contribution >= 0.6 is 22.6 Å². The van der Waals surface area contributed by atoms with Gasteiger partial charge in [-0.1, -0.05) is 0 Å². The van der Waals surface area contributed by atoms with Gasteiger partial charge in [-0.05, 0) is 36.4 Å². The highest BCUT2D eigenvalue weighted by molar-refractivity contribution is 14.1. The first kappa shape index (κ1) is 9.50. The summed E-state index contributed by atoms with van der Waals surface area (Å²) in [5.74, 6) is -0.863. The molecule has 0 radical (unpaired) electrons. The number of nitrogens with zero attached hydrogens (tertiary/aromatic N) is 2. The maximum atomic E-state index is 10.6. The van der Waals surface area contributed by atoms with E-state index >= 15 is 0 Å². The lowest BCUT2D eigenvalue weighted by Crippen LogP contribution is -2.17. The standard InChI is InChI=1S/C7H9IN2O2/c1-4-6(8)3-9-10(4)5(2)7(11)12/h3,5H,1-2H3,(H,11,12)/t5-/m1/s1. The molecule has 1 heterocycles. The molecule has 1 atom stereocenters. The van der Waals surface area contributed by atoms with E-state index in [0.717, 1.165) is 9.26 Å². The van der Waals surface area contributed by atoms with Crippen molar-refractivity contribution >= 4 is 28.6 Å². The average Bonchev–Trinajstić information content (AvgIpc) is 2.32. The largest absolute Gasteiger partial charge is 0.480 e. The number of carbonyl (C=O) groups is 1. The van der Waals surface area contributed by atoms with Gasteiger partial charge in [0.15, 0.2) is 0 Å². The van der Waals surface area contributed by atoms with Crippen molar-refractivity contribution in [1.82, 2.24) is 9.78 Å². The minimum Gasteiger partial charge on any atom is -0.480 e. The van der Waals surface area contributed by atoms with Crippen LogP contribution in [0.2, 0.25) is 0 Å². The van der Waals surface area contributed by atoms with Gasteiger partial charge in [-0.2, -0.15) is 5.10 Å². The number of carboxylic acids is 1. The Hall–Kier alpha value is -0.590. The zero-order valence-corrected chi connectivity index (χ0v) is 8.94. The number of rotatable bonds is 2. The van der Waals surface area contributed by atoms with Gasteiger partial charge < -0.3 is 5.11 Å². The number of aromatic nitrogens is 2. The molecule has 0 aliphatic heterocycles. The lowest BCUT2D eigenvalue weighted by molar-refractivity contribution is -0.140. The van der Waals surface area contributed by atoms with Crippen LogP contribution in [0.1, 0.15) is 18.7 Å². The Bertz CT molecular complexity index is 308. The fourth-order valence-corrected chi connectivity index (χ4v) is 1.27. The van der Waals surface area contributed by atoms with Gasteiger partial charge in [0.25, 0.3) is 0 Å². The van der Waals surface area contributed by atoms with E-state index in [1.54, 1.807) is 13.1 Å². The molecule has 1 aromatic heterocycles. The first-order valence-electron chi connectivity index (χ1n) is 3.46. The van der Waals surface area contributed by atoms with Gasteiger partial charge in [0, 0.05) is 5.69 Å². The van der Waals surface area contributed by atoms with Gasteiger partial charge in [-0.15, -0.1) is 0 Å². The predicted octanol–water partition coefficient (Wildman–Crippen LogP) is 1.44. The predicted molar refractivity (Wildman–Crippen MR) is 52.0 cm³/mol. The number of hydrogen-bond donors (Lipinski definition) is 1. The van der Waals surface area contributed by atoms with Gasteiger partial charge in [0.1, 0.15) is 6.04 Å². The molecule has 4 nitrogen and oxygen atoms in total. The van der Waals surface area contributed by atoms with E-state index < -0.39 is 12.0 Å². The second kappa shape index (κ2) is 3.42. The van der Waals surface area contributed by atoms with Crippen LogP contribution in [0.25, 0.3) is 0 Å². The van der Waals surface area contributed by atoms with Crippen molar-refractivity contribution in [3.05, 3.63) is 15.5 Å². The van der Waals surface area contributed by atoms with Crippen molar-refractivity contribution in [3.8, 4) is 0 Å². The molecule has 0 aliphatic rings. The molecule has 5 heteroatoms. The fourth-order valence-electron chi connectivity index (χ4n) is 0.897. The molecule has 0 saturated heterocycles. The summed E-state index contributed by atoms with van der Waals surface area (Å²) < 4.78 is 2.49. The summed E-state index contributed by atoms with van der Waals surface area (Å²) in [6.07, 6.45) is 1.66. The van der Waals surface area contributed by atoms with Gasteiger partial charge >= 0.3 is 5.97 Å². The topological polar surface area (TPSA) is 55.1 Å². The normalized spacial score (nSPS) is 12.9. The van der Waals surface area contributed by atoms with E-state index in [4.69, 9.17) is 5.11 Å². The molecule has 1 rings (SSSR count). The molecule has 0 fully saturated rings. The molecular weight excluding hydrogens is 271 g/mol. The first-order chi connectivity index (χ1) is 5.54. The van der Waals surface area contributed by atoms with Gasteiger partial charge in [-0.3, -0.25) is 4.68 Å². The zero-order valence-electron chi connectivity index (χ0n) is 6.78. The summed E-state index contributed by atoms with van der Waals surface area (Å²) in [7, 11) is 0. The number of halogens is 1. The number of hydrogen-bond acceptors (Lipinski definition) is 2. The molecule has 0 bridgehead atoms. The first-order valence-corrected chi connectivity index (χ1v) is 4.54. The number of aliphatic carboxylic acids is 1. The van der Waals surface area contributed by atoms with Gasteiger partial charge in [0.2, 0.25) is 0 Å². The van der Waals surface area contributed by atoms with Crippen LogP contribution < -0.4 is 0 Å². The highest BCUT2D eigenvalue weighted by atomic mass is 127. The Morgan fingerprint density at radius 2 is 2.42 bits per heavy atom. The summed E-state index contributed by atoms with van der Waals surface area (Å²) in [5.41, 5.74) is 0.894. The van der Waals surface area contributed by atoms with E-state index in [9.17, 15) is 4.79 Å². The van der Waals surface area contributed by atoms with Crippen LogP contribution in [0.4, 0.5) is 0 Å². The minimum absolute atomic E-state index is 0.589. The van der Waals surface area contributed by atoms with E-state index in [-0.39, 0.29) is 0 Å². The summed E-state index contributed by atoms with van der Waals surface area (Å²) in [5, 5.41) is 12.7. The third-order valence-electron chi connectivity index (χ3n) is 1.71. The molecule has 12 heavy (non-hydrogen) atoms. The van der Waals surface area contributed by atoms with Crippen LogP contribution in [0, 0.1) is 10.5 Å². The smallest absolute Gasteiger partial charge is 0.328 e. The monoisotopic (exact) mass is 280 g/mol. The maximum Gasteiger partial charge on any atom is 0.328 e. The Morgan fingerprint density at radius 3 is 2.75 bits per heavy atom. The molecule has 0 aromatic carbocycles. The lowest BCUT2D eigenvalue weighted by atomic mass is 10.3. The van der Waals surface area contributed by atoms with Crippen LogP contribution in [-0.2, 0) is 4.79 Å². The molecule has 0 amide bonds. The Kier molecular flexibility index (Phi) is 2.71. The summed E-state index contributed by atoms with van der Waals surface area (Å²) in [4.78, 5) is 10.6. The molecule has 0 unspecified atom stereocenters. The average molecular weight is 280 g/mol. The van der Waals surface area contributed by atoms with E-state index in [1.165, 1.54) is 4.68 Å². The molecule has 66 valence electrons. The molecule has 0 saturated carbocycles. The van der Waals surface area contributed by atoms with Gasteiger partial charge in [0.05, 0.1) is 9.77 Å². The Morgan fingerprint density at radius 1 is 1.83 bits per heavy atom. The zero-order chi connectivity index (χ0) is 9.30. The SMILES string of the molecule is Cc1c(I)cnn1[C@H](C)C(=O)O.